The van der Waals surface area contributed by atoms with Gasteiger partial charge in [-0.25, -0.2) is 26.6 Å². The summed E-state index contributed by atoms with van der Waals surface area (Å²) in [6.45, 7) is 5.16. The van der Waals surface area contributed by atoms with Gasteiger partial charge in [0.1, 0.15) is 11.6 Å². The van der Waals surface area contributed by atoms with Crippen LogP contribution in [0.2, 0.25) is 0 Å². The van der Waals surface area contributed by atoms with Gasteiger partial charge < -0.3 is 14.4 Å². The number of pyridine rings is 1. The summed E-state index contributed by atoms with van der Waals surface area (Å²) in [5, 5.41) is 2.80. The van der Waals surface area contributed by atoms with Gasteiger partial charge >= 0.3 is 6.09 Å². The molecule has 0 fully saturated rings. The molecule has 2 heterocycles. The number of anilines is 1. The Bertz CT molecular complexity index is 2070. The number of para-hydroxylation sites is 1. The van der Waals surface area contributed by atoms with E-state index in [1.165, 1.54) is 62.8 Å². The normalized spacial score (nSPS) is 11.5. The average molecular weight is 645 g/mol. The molecule has 46 heavy (non-hydrogen) atoms. The molecule has 0 atom stereocenters. The number of carbonyl (C=O) groups is 2. The van der Waals surface area contributed by atoms with E-state index in [9.17, 15) is 18.0 Å². The van der Waals surface area contributed by atoms with Crippen LogP contribution in [0.3, 0.4) is 0 Å². The lowest BCUT2D eigenvalue weighted by atomic mass is 9.99. The summed E-state index contributed by atoms with van der Waals surface area (Å²) in [5.41, 5.74) is 2.42. The maximum absolute atomic E-state index is 15.7. The highest BCUT2D eigenvalue weighted by Gasteiger charge is 2.26. The van der Waals surface area contributed by atoms with E-state index in [0.29, 0.717) is 27.8 Å². The van der Waals surface area contributed by atoms with Crippen LogP contribution in [0.15, 0.2) is 84.0 Å². The Morgan fingerprint density at radius 2 is 1.67 bits per heavy atom. The summed E-state index contributed by atoms with van der Waals surface area (Å²) >= 11 is 0. The number of hydrogen-bond acceptors (Lipinski definition) is 7. The molecule has 0 saturated carbocycles. The first-order chi connectivity index (χ1) is 21.8. The topological polar surface area (TPSA) is 120 Å². The Morgan fingerprint density at radius 1 is 0.978 bits per heavy atom. The Morgan fingerprint density at radius 3 is 2.33 bits per heavy atom. The number of aryl methyl sites for hydroxylation is 1. The molecule has 238 valence electrons. The minimum absolute atomic E-state index is 0.0837. The van der Waals surface area contributed by atoms with Gasteiger partial charge in [0.15, 0.2) is 5.65 Å². The zero-order chi connectivity index (χ0) is 33.3. The molecule has 5 aromatic rings. The first kappa shape index (κ1) is 32.2. The second-order valence-corrected chi connectivity index (χ2v) is 12.9. The second-order valence-electron chi connectivity index (χ2n) is 11.1. The molecule has 2 aromatic heterocycles. The van der Waals surface area contributed by atoms with Crippen molar-refractivity contribution in [3.8, 4) is 28.0 Å². The number of rotatable bonds is 8. The van der Waals surface area contributed by atoms with Gasteiger partial charge in [-0.1, -0.05) is 35.9 Å². The zero-order valence-corrected chi connectivity index (χ0v) is 27.0. The molecule has 0 aliphatic heterocycles. The lowest BCUT2D eigenvalue weighted by molar-refractivity contribution is 0.0828. The lowest BCUT2D eigenvalue weighted by Crippen LogP contribution is -2.26. The van der Waals surface area contributed by atoms with E-state index < -0.39 is 33.9 Å². The van der Waals surface area contributed by atoms with Gasteiger partial charge in [-0.2, -0.15) is 0 Å². The Hall–Kier alpha value is -5.23. The number of halogens is 1. The van der Waals surface area contributed by atoms with Gasteiger partial charge in [0.05, 0.1) is 29.4 Å². The summed E-state index contributed by atoms with van der Waals surface area (Å²) in [6.07, 6.45) is 1.53. The predicted molar refractivity (Wildman–Crippen MR) is 174 cm³/mol. The first-order valence-corrected chi connectivity index (χ1v) is 15.8. The van der Waals surface area contributed by atoms with Crippen molar-refractivity contribution < 1.29 is 31.9 Å². The Labute approximate surface area is 266 Å². The molecule has 3 aromatic carbocycles. The third-order valence-corrected chi connectivity index (χ3v) is 8.88. The molecule has 0 radical (unpaired) electrons. The monoisotopic (exact) mass is 644 g/mol. The van der Waals surface area contributed by atoms with Crippen LogP contribution < -0.4 is 10.1 Å². The van der Waals surface area contributed by atoms with E-state index in [1.807, 2.05) is 6.92 Å². The standard InChI is InChI=1S/C34H33FN4O6S/c1-20(2)45-34(41)37-31-27(33(40)38(4)5)15-22(17-29(31)35)23-16-26-28(25-9-7-8-10-30(25)44-6)19-39(32(26)36-18-23)46(42,43)24-13-11-21(3)12-14-24/h7-20H,1-6H3,(H,37,41). The van der Waals surface area contributed by atoms with E-state index in [-0.39, 0.29) is 27.4 Å². The quantitative estimate of drug-likeness (QED) is 0.199. The van der Waals surface area contributed by atoms with Crippen molar-refractivity contribution in [2.24, 2.45) is 0 Å². The molecule has 0 spiro atoms. The van der Waals surface area contributed by atoms with Gasteiger partial charge in [-0.3, -0.25) is 10.1 Å². The number of aromatic nitrogens is 2. The molecular weight excluding hydrogens is 611 g/mol. The molecule has 0 aliphatic carbocycles. The van der Waals surface area contributed by atoms with E-state index in [1.54, 1.807) is 56.3 Å². The van der Waals surface area contributed by atoms with Gasteiger partial charge in [-0.15, -0.1) is 0 Å². The lowest BCUT2D eigenvalue weighted by Gasteiger charge is -2.18. The average Bonchev–Trinajstić information content (AvgIpc) is 3.41. The minimum atomic E-state index is -4.08. The van der Waals surface area contributed by atoms with Gasteiger partial charge in [0.2, 0.25) is 0 Å². The Balaban J connectivity index is 1.73. The van der Waals surface area contributed by atoms with Crippen molar-refractivity contribution in [1.82, 2.24) is 13.9 Å². The number of hydrogen-bond donors (Lipinski definition) is 1. The fourth-order valence-corrected chi connectivity index (χ4v) is 6.31. The fraction of sp³-hybridized carbons (Fsp3) is 0.206. The molecule has 5 rings (SSSR count). The molecule has 10 nitrogen and oxygen atoms in total. The van der Waals surface area contributed by atoms with Gasteiger partial charge in [0.25, 0.3) is 15.9 Å². The molecular formula is C34H33FN4O6S. The highest BCUT2D eigenvalue weighted by atomic mass is 32.2. The van der Waals surface area contributed by atoms with Crippen molar-refractivity contribution in [3.63, 3.8) is 0 Å². The number of amides is 2. The van der Waals surface area contributed by atoms with Crippen LogP contribution in [0.25, 0.3) is 33.3 Å². The first-order valence-electron chi connectivity index (χ1n) is 14.3. The molecule has 12 heteroatoms. The highest BCUT2D eigenvalue weighted by Crippen LogP contribution is 2.39. The van der Waals surface area contributed by atoms with Crippen LogP contribution in [-0.4, -0.2) is 61.6 Å². The van der Waals surface area contributed by atoms with Crippen molar-refractivity contribution in [3.05, 3.63) is 96.1 Å². The van der Waals surface area contributed by atoms with Gasteiger partial charge in [0, 0.05) is 48.6 Å². The van der Waals surface area contributed by atoms with Crippen LogP contribution in [0.5, 0.6) is 5.75 Å². The minimum Gasteiger partial charge on any atom is -0.496 e. The molecule has 0 unspecified atom stereocenters. The van der Waals surface area contributed by atoms with Crippen LogP contribution >= 0.6 is 0 Å². The summed E-state index contributed by atoms with van der Waals surface area (Å²) in [4.78, 5) is 31.4. The van der Waals surface area contributed by atoms with E-state index >= 15 is 4.39 Å². The number of fused-ring (bicyclic) bond motifs is 1. The van der Waals surface area contributed by atoms with Crippen molar-refractivity contribution >= 4 is 38.7 Å². The van der Waals surface area contributed by atoms with Crippen LogP contribution in [0.1, 0.15) is 29.8 Å². The molecule has 2 amide bonds. The molecule has 0 saturated heterocycles. The fourth-order valence-electron chi connectivity index (χ4n) is 4.98. The highest BCUT2D eigenvalue weighted by molar-refractivity contribution is 7.90. The number of methoxy groups -OCH3 is 1. The van der Waals surface area contributed by atoms with Crippen LogP contribution in [0, 0.1) is 12.7 Å². The van der Waals surface area contributed by atoms with Crippen LogP contribution in [0.4, 0.5) is 14.9 Å². The largest absolute Gasteiger partial charge is 0.496 e. The summed E-state index contributed by atoms with van der Waals surface area (Å²) in [6, 6.07) is 18.0. The number of benzene rings is 3. The predicted octanol–water partition coefficient (Wildman–Crippen LogP) is 6.72. The number of nitrogens with zero attached hydrogens (tertiary/aromatic N) is 3. The van der Waals surface area contributed by atoms with Crippen molar-refractivity contribution in [1.29, 1.82) is 0 Å². The number of ether oxygens (including phenoxy) is 2. The maximum atomic E-state index is 15.7. The summed E-state index contributed by atoms with van der Waals surface area (Å²) in [5.74, 6) is -0.916. The van der Waals surface area contributed by atoms with E-state index in [2.05, 4.69) is 10.3 Å². The van der Waals surface area contributed by atoms with E-state index in [0.717, 1.165) is 9.54 Å². The van der Waals surface area contributed by atoms with Crippen molar-refractivity contribution in [2.75, 3.05) is 26.5 Å². The Kier molecular flexibility index (Phi) is 8.84. The third-order valence-electron chi connectivity index (χ3n) is 7.22. The van der Waals surface area contributed by atoms with Gasteiger partial charge in [-0.05, 0) is 62.7 Å². The summed E-state index contributed by atoms with van der Waals surface area (Å²) in [7, 11) is 0.456. The maximum Gasteiger partial charge on any atom is 0.411 e. The SMILES string of the molecule is COc1ccccc1-c1cn(S(=O)(=O)c2ccc(C)cc2)c2ncc(-c3cc(F)c(NC(=O)OC(C)C)c(C(=O)N(C)C)c3)cc12. The summed E-state index contributed by atoms with van der Waals surface area (Å²) < 4.78 is 55.3. The van der Waals surface area contributed by atoms with Crippen LogP contribution in [-0.2, 0) is 14.8 Å². The number of carbonyl (C=O) groups excluding carboxylic acids is 2. The number of nitrogens with one attached hydrogen (secondary N) is 1. The molecule has 1 N–H and O–H groups in total. The smallest absolute Gasteiger partial charge is 0.411 e. The second kappa shape index (κ2) is 12.6. The van der Waals surface area contributed by atoms with Crippen molar-refractivity contribution in [2.45, 2.75) is 31.8 Å². The molecule has 0 aliphatic rings. The third kappa shape index (κ3) is 6.16. The van der Waals surface area contributed by atoms with E-state index in [4.69, 9.17) is 9.47 Å². The molecule has 0 bridgehead atoms. The zero-order valence-electron chi connectivity index (χ0n) is 26.2.